The molecule has 1 fully saturated rings. The summed E-state index contributed by atoms with van der Waals surface area (Å²) < 4.78 is 39.6. The minimum absolute atomic E-state index is 0.0271. The van der Waals surface area contributed by atoms with Crippen LogP contribution >= 0.6 is 0 Å². The SMILES string of the molecule is COc1ccc(OC)c(S(=O)(=O)N(CCC(=O)N2CCNCC2)C[C@@H](C)c2ccccc2)c1. The van der Waals surface area contributed by atoms with Crippen molar-refractivity contribution in [1.29, 1.82) is 0 Å². The van der Waals surface area contributed by atoms with Crippen LogP contribution in [0.2, 0.25) is 0 Å². The minimum atomic E-state index is -3.96. The highest BCUT2D eigenvalue weighted by Crippen LogP contribution is 2.32. The molecule has 1 saturated heterocycles. The van der Waals surface area contributed by atoms with Gasteiger partial charge in [-0.1, -0.05) is 37.3 Å². The Morgan fingerprint density at radius 3 is 2.42 bits per heavy atom. The summed E-state index contributed by atoms with van der Waals surface area (Å²) >= 11 is 0. The molecule has 0 radical (unpaired) electrons. The highest BCUT2D eigenvalue weighted by atomic mass is 32.2. The number of nitrogens with zero attached hydrogens (tertiary/aromatic N) is 2. The van der Waals surface area contributed by atoms with Gasteiger partial charge in [0.1, 0.15) is 16.4 Å². The Morgan fingerprint density at radius 2 is 1.79 bits per heavy atom. The van der Waals surface area contributed by atoms with E-state index in [-0.39, 0.29) is 42.0 Å². The lowest BCUT2D eigenvalue weighted by atomic mass is 10.0. The first-order valence-corrected chi connectivity index (χ1v) is 12.6. The van der Waals surface area contributed by atoms with Gasteiger partial charge in [0.15, 0.2) is 0 Å². The first-order valence-electron chi connectivity index (χ1n) is 11.1. The third kappa shape index (κ3) is 6.25. The maximum atomic E-state index is 13.8. The number of hydrogen-bond acceptors (Lipinski definition) is 6. The fraction of sp³-hybridized carbons (Fsp3) is 0.458. The molecule has 8 nitrogen and oxygen atoms in total. The quantitative estimate of drug-likeness (QED) is 0.568. The van der Waals surface area contributed by atoms with E-state index in [0.717, 1.165) is 18.7 Å². The molecule has 33 heavy (non-hydrogen) atoms. The molecular weight excluding hydrogens is 442 g/mol. The highest BCUT2D eigenvalue weighted by molar-refractivity contribution is 7.89. The van der Waals surface area contributed by atoms with Crippen LogP contribution in [0.5, 0.6) is 11.5 Å². The Labute approximate surface area is 196 Å². The van der Waals surface area contributed by atoms with E-state index in [9.17, 15) is 13.2 Å². The molecule has 2 aromatic rings. The molecule has 0 unspecified atom stereocenters. The number of carbonyl (C=O) groups excluding carboxylic acids is 1. The van der Waals surface area contributed by atoms with Crippen LogP contribution in [0.15, 0.2) is 53.4 Å². The van der Waals surface area contributed by atoms with Crippen molar-refractivity contribution in [2.24, 2.45) is 0 Å². The number of hydrogen-bond donors (Lipinski definition) is 1. The van der Waals surface area contributed by atoms with Crippen molar-refractivity contribution >= 4 is 15.9 Å². The van der Waals surface area contributed by atoms with Crippen molar-refractivity contribution < 1.29 is 22.7 Å². The number of piperazine rings is 1. The van der Waals surface area contributed by atoms with Crippen LogP contribution in [0.1, 0.15) is 24.8 Å². The lowest BCUT2D eigenvalue weighted by molar-refractivity contribution is -0.131. The smallest absolute Gasteiger partial charge is 0.246 e. The van der Waals surface area contributed by atoms with Gasteiger partial charge in [0, 0.05) is 51.8 Å². The number of sulfonamides is 1. The summed E-state index contributed by atoms with van der Waals surface area (Å²) in [4.78, 5) is 14.6. The molecule has 0 saturated carbocycles. The Kier molecular flexibility index (Phi) is 8.71. The van der Waals surface area contributed by atoms with Crippen LogP contribution in [-0.2, 0) is 14.8 Å². The summed E-state index contributed by atoms with van der Waals surface area (Å²) in [6.45, 7) is 5.08. The standard InChI is InChI=1S/C24H33N3O5S/c1-19(20-7-5-4-6-8-20)18-27(14-11-24(28)26-15-12-25-13-16-26)33(29,30)23-17-21(31-2)9-10-22(23)32-3/h4-10,17,19,25H,11-16,18H2,1-3H3/t19-/m1/s1. The number of amides is 1. The Bertz CT molecular complexity index is 1020. The first-order chi connectivity index (χ1) is 15.9. The third-order valence-corrected chi connectivity index (χ3v) is 7.77. The average Bonchev–Trinajstić information content (AvgIpc) is 2.86. The van der Waals surface area contributed by atoms with Crippen LogP contribution in [0.4, 0.5) is 0 Å². The molecule has 1 heterocycles. The van der Waals surface area contributed by atoms with Crippen molar-refractivity contribution in [3.8, 4) is 11.5 Å². The van der Waals surface area contributed by atoms with E-state index in [2.05, 4.69) is 5.32 Å². The fourth-order valence-corrected chi connectivity index (χ4v) is 5.62. The summed E-state index contributed by atoms with van der Waals surface area (Å²) in [5, 5.41) is 3.22. The molecule has 1 aliphatic heterocycles. The van der Waals surface area contributed by atoms with E-state index >= 15 is 0 Å². The normalized spacial score (nSPS) is 15.3. The van der Waals surface area contributed by atoms with Crippen molar-refractivity contribution in [3.05, 3.63) is 54.1 Å². The molecule has 0 aromatic heterocycles. The molecule has 9 heteroatoms. The van der Waals surface area contributed by atoms with E-state index in [4.69, 9.17) is 9.47 Å². The topological polar surface area (TPSA) is 88.2 Å². The molecule has 0 spiro atoms. The van der Waals surface area contributed by atoms with Gasteiger partial charge in [-0.25, -0.2) is 8.42 Å². The first kappa shape index (κ1) is 25.0. The maximum absolute atomic E-state index is 13.8. The van der Waals surface area contributed by atoms with Crippen molar-refractivity contribution in [2.45, 2.75) is 24.2 Å². The zero-order chi connectivity index (χ0) is 23.8. The largest absolute Gasteiger partial charge is 0.497 e. The van der Waals surface area contributed by atoms with Crippen LogP contribution in [-0.4, -0.2) is 77.0 Å². The van der Waals surface area contributed by atoms with E-state index in [1.807, 2.05) is 37.3 Å². The second-order valence-corrected chi connectivity index (χ2v) is 9.98. The van der Waals surface area contributed by atoms with Gasteiger partial charge in [0.2, 0.25) is 15.9 Å². The van der Waals surface area contributed by atoms with Gasteiger partial charge in [0.25, 0.3) is 0 Å². The van der Waals surface area contributed by atoms with Crippen LogP contribution < -0.4 is 14.8 Å². The Balaban J connectivity index is 1.88. The molecule has 0 aliphatic carbocycles. The van der Waals surface area contributed by atoms with Crippen LogP contribution in [0.25, 0.3) is 0 Å². The predicted octanol–water partition coefficient (Wildman–Crippen LogP) is 2.32. The Hall–Kier alpha value is -2.62. The zero-order valence-electron chi connectivity index (χ0n) is 19.5. The molecule has 3 rings (SSSR count). The molecule has 1 N–H and O–H groups in total. The third-order valence-electron chi connectivity index (χ3n) is 5.88. The van der Waals surface area contributed by atoms with Gasteiger partial charge in [0.05, 0.1) is 14.2 Å². The molecule has 2 aromatic carbocycles. The van der Waals surface area contributed by atoms with Crippen LogP contribution in [0, 0.1) is 0 Å². The number of benzene rings is 2. The molecule has 1 amide bonds. The summed E-state index contributed by atoms with van der Waals surface area (Å²) in [6.07, 6.45) is 0.118. The van der Waals surface area contributed by atoms with Crippen molar-refractivity contribution in [2.75, 3.05) is 53.5 Å². The average molecular weight is 476 g/mol. The highest BCUT2D eigenvalue weighted by Gasteiger charge is 2.31. The lowest BCUT2D eigenvalue weighted by Gasteiger charge is -2.30. The second-order valence-electron chi connectivity index (χ2n) is 8.07. The van der Waals surface area contributed by atoms with E-state index in [0.29, 0.717) is 18.8 Å². The number of methoxy groups -OCH3 is 2. The van der Waals surface area contributed by atoms with Gasteiger partial charge in [-0.2, -0.15) is 4.31 Å². The van der Waals surface area contributed by atoms with Gasteiger partial charge in [-0.15, -0.1) is 0 Å². The predicted molar refractivity (Wildman–Crippen MR) is 127 cm³/mol. The second kappa shape index (κ2) is 11.5. The molecule has 180 valence electrons. The summed E-state index contributed by atoms with van der Waals surface area (Å²) in [5.74, 6) is 0.553. The van der Waals surface area contributed by atoms with Crippen molar-refractivity contribution in [1.82, 2.24) is 14.5 Å². The van der Waals surface area contributed by atoms with E-state index < -0.39 is 10.0 Å². The van der Waals surface area contributed by atoms with E-state index in [1.54, 1.807) is 17.0 Å². The Morgan fingerprint density at radius 1 is 1.09 bits per heavy atom. The number of carbonyl (C=O) groups is 1. The van der Waals surface area contributed by atoms with Gasteiger partial charge >= 0.3 is 0 Å². The number of rotatable bonds is 10. The minimum Gasteiger partial charge on any atom is -0.497 e. The van der Waals surface area contributed by atoms with Gasteiger partial charge in [-0.05, 0) is 23.6 Å². The number of ether oxygens (including phenoxy) is 2. The monoisotopic (exact) mass is 475 g/mol. The summed E-state index contributed by atoms with van der Waals surface area (Å²) in [6, 6.07) is 14.5. The van der Waals surface area contributed by atoms with Gasteiger partial charge in [-0.3, -0.25) is 4.79 Å². The summed E-state index contributed by atoms with van der Waals surface area (Å²) in [7, 11) is -1.04. The zero-order valence-corrected chi connectivity index (χ0v) is 20.3. The van der Waals surface area contributed by atoms with Crippen LogP contribution in [0.3, 0.4) is 0 Å². The van der Waals surface area contributed by atoms with Crippen molar-refractivity contribution in [3.63, 3.8) is 0 Å². The van der Waals surface area contributed by atoms with Gasteiger partial charge < -0.3 is 19.7 Å². The fourth-order valence-electron chi connectivity index (χ4n) is 3.92. The molecule has 1 atom stereocenters. The lowest BCUT2D eigenvalue weighted by Crippen LogP contribution is -2.47. The molecule has 1 aliphatic rings. The maximum Gasteiger partial charge on any atom is 0.246 e. The molecule has 0 bridgehead atoms. The summed E-state index contributed by atoms with van der Waals surface area (Å²) in [5.41, 5.74) is 1.03. The van der Waals surface area contributed by atoms with E-state index in [1.165, 1.54) is 24.6 Å². The number of nitrogens with one attached hydrogen (secondary N) is 1. The molecular formula is C24H33N3O5S.